The third-order valence-corrected chi connectivity index (χ3v) is 16.2. The molecule has 0 aromatic heterocycles. The van der Waals surface area contributed by atoms with Crippen LogP contribution in [0.5, 0.6) is 0 Å². The van der Waals surface area contributed by atoms with Crippen LogP contribution in [0.4, 0.5) is 0 Å². The minimum absolute atomic E-state index is 0.0777. The number of rotatable bonds is 3. The van der Waals surface area contributed by atoms with Gasteiger partial charge in [0, 0.05) is 5.41 Å². The molecule has 0 unspecified atom stereocenters. The molecule has 0 bridgehead atoms. The van der Waals surface area contributed by atoms with E-state index in [0.717, 1.165) is 0 Å². The monoisotopic (exact) mass is 860 g/mol. The highest BCUT2D eigenvalue weighted by molar-refractivity contribution is 6.21. The first-order valence-corrected chi connectivity index (χ1v) is 24.1. The third kappa shape index (κ3) is 4.94. The molecule has 0 heteroatoms. The summed E-state index contributed by atoms with van der Waals surface area (Å²) in [6.07, 6.45) is 0. The van der Waals surface area contributed by atoms with E-state index in [2.05, 4.69) is 244 Å². The van der Waals surface area contributed by atoms with Crippen molar-refractivity contribution in [2.24, 2.45) is 0 Å². The smallest absolute Gasteiger partial charge is 0.0619 e. The maximum Gasteiger partial charge on any atom is 0.0725 e. The number of fused-ring (bicyclic) bond motifs is 17. The van der Waals surface area contributed by atoms with Crippen LogP contribution in [0.15, 0.2) is 231 Å². The molecule has 0 radical (unpaired) electrons. The zero-order valence-electron chi connectivity index (χ0n) is 37.9. The lowest BCUT2D eigenvalue weighted by Crippen LogP contribution is -2.25. The van der Waals surface area contributed by atoms with Gasteiger partial charge in [0.15, 0.2) is 0 Å². The standard InChI is InChI=1S/C68H44/c1-67(2)59-27-12-9-20-49(59)52-33-32-47(39-62(52)67)66-55-25-7-5-23-53(55)65(54-24-6-8-26-56(54)66)46-19-15-18-41(34-46)44-30-31-45-37-58-57-36-42-16-3-4-17-43(42)38-63(57)68(64(58)40-48(45)35-44)60-28-13-10-21-50(60)51-22-11-14-29-61(51)68/h3-40H,1-2H3. The van der Waals surface area contributed by atoms with Crippen LogP contribution in [-0.2, 0) is 10.8 Å². The molecule has 12 aromatic carbocycles. The molecule has 1 spiro atoms. The third-order valence-electron chi connectivity index (χ3n) is 16.2. The second-order valence-electron chi connectivity index (χ2n) is 19.9. The molecule has 0 heterocycles. The maximum absolute atomic E-state index is 2.53. The summed E-state index contributed by atoms with van der Waals surface area (Å²) in [6.45, 7) is 4.75. The van der Waals surface area contributed by atoms with Crippen molar-refractivity contribution in [3.05, 3.63) is 264 Å². The van der Waals surface area contributed by atoms with E-state index < -0.39 is 5.41 Å². The van der Waals surface area contributed by atoms with E-state index >= 15 is 0 Å². The molecule has 68 heavy (non-hydrogen) atoms. The van der Waals surface area contributed by atoms with Gasteiger partial charge >= 0.3 is 0 Å². The molecule has 0 aliphatic heterocycles. The quantitative estimate of drug-likeness (QED) is 0.155. The highest BCUT2D eigenvalue weighted by Crippen LogP contribution is 2.64. The van der Waals surface area contributed by atoms with E-state index in [0.29, 0.717) is 0 Å². The van der Waals surface area contributed by atoms with Crippen LogP contribution in [0, 0.1) is 0 Å². The Labute approximate surface area is 396 Å². The minimum Gasteiger partial charge on any atom is -0.0619 e. The fourth-order valence-electron chi connectivity index (χ4n) is 13.2. The van der Waals surface area contributed by atoms with Crippen molar-refractivity contribution in [3.8, 4) is 66.8 Å². The summed E-state index contributed by atoms with van der Waals surface area (Å²) >= 11 is 0. The summed E-state index contributed by atoms with van der Waals surface area (Å²) in [5.74, 6) is 0. The summed E-state index contributed by atoms with van der Waals surface area (Å²) in [5.41, 5.74) is 23.3. The average Bonchev–Trinajstić information content (AvgIpc) is 3.93. The lowest BCUT2D eigenvalue weighted by Gasteiger charge is -2.30. The van der Waals surface area contributed by atoms with Crippen LogP contribution in [-0.4, -0.2) is 0 Å². The zero-order chi connectivity index (χ0) is 44.9. The summed E-state index contributed by atoms with van der Waals surface area (Å²) in [7, 11) is 0. The molecule has 0 saturated heterocycles. The van der Waals surface area contributed by atoms with E-state index in [-0.39, 0.29) is 5.41 Å². The molecule has 12 aromatic rings. The molecule has 0 amide bonds. The first-order chi connectivity index (χ1) is 33.5. The summed E-state index contributed by atoms with van der Waals surface area (Å²) in [6, 6.07) is 87.6. The first-order valence-electron chi connectivity index (χ1n) is 24.1. The molecule has 0 saturated carbocycles. The first kappa shape index (κ1) is 37.9. The topological polar surface area (TPSA) is 0 Å². The Kier molecular flexibility index (Phi) is 7.59. The number of benzene rings is 12. The molecule has 3 aliphatic rings. The highest BCUT2D eigenvalue weighted by atomic mass is 14.5. The fraction of sp³-hybridized carbons (Fsp3) is 0.0588. The molecule has 15 rings (SSSR count). The number of hydrogen-bond donors (Lipinski definition) is 0. The van der Waals surface area contributed by atoms with Gasteiger partial charge in [0.05, 0.1) is 5.41 Å². The van der Waals surface area contributed by atoms with Gasteiger partial charge in [-0.2, -0.15) is 0 Å². The van der Waals surface area contributed by atoms with E-state index in [1.807, 2.05) is 0 Å². The van der Waals surface area contributed by atoms with E-state index in [9.17, 15) is 0 Å². The average molecular weight is 861 g/mol. The summed E-state index contributed by atoms with van der Waals surface area (Å²) in [5, 5.41) is 10.2. The van der Waals surface area contributed by atoms with Crippen molar-refractivity contribution in [2.75, 3.05) is 0 Å². The van der Waals surface area contributed by atoms with Crippen LogP contribution in [0.2, 0.25) is 0 Å². The van der Waals surface area contributed by atoms with Crippen molar-refractivity contribution in [1.82, 2.24) is 0 Å². The lowest BCUT2D eigenvalue weighted by atomic mass is 9.70. The Balaban J connectivity index is 0.903. The second kappa shape index (κ2) is 13.6. The zero-order valence-corrected chi connectivity index (χ0v) is 37.9. The Morgan fingerprint density at radius 2 is 0.662 bits per heavy atom. The van der Waals surface area contributed by atoms with Gasteiger partial charge in [-0.1, -0.05) is 202 Å². The SMILES string of the molecule is CC1(C)c2ccccc2-c2ccc(-c3c4ccccc4c(-c4cccc(-c5ccc6cc7c(cc6c5)C5(c6ccccc6-c6ccccc65)c5cc6ccccc6cc5-7)c4)c4ccccc34)cc21. The fourth-order valence-corrected chi connectivity index (χ4v) is 13.2. The Morgan fingerprint density at radius 3 is 1.28 bits per heavy atom. The van der Waals surface area contributed by atoms with Gasteiger partial charge in [-0.25, -0.2) is 0 Å². The Hall–Kier alpha value is -8.32. The lowest BCUT2D eigenvalue weighted by molar-refractivity contribution is 0.660. The van der Waals surface area contributed by atoms with Gasteiger partial charge in [0.25, 0.3) is 0 Å². The molecular weight excluding hydrogens is 817 g/mol. The largest absolute Gasteiger partial charge is 0.0725 e. The van der Waals surface area contributed by atoms with Crippen LogP contribution < -0.4 is 0 Å². The summed E-state index contributed by atoms with van der Waals surface area (Å²) in [4.78, 5) is 0. The van der Waals surface area contributed by atoms with Crippen molar-refractivity contribution in [3.63, 3.8) is 0 Å². The van der Waals surface area contributed by atoms with Gasteiger partial charge in [-0.3, -0.25) is 0 Å². The van der Waals surface area contributed by atoms with Gasteiger partial charge in [-0.15, -0.1) is 0 Å². The van der Waals surface area contributed by atoms with E-state index in [1.54, 1.807) is 0 Å². The summed E-state index contributed by atoms with van der Waals surface area (Å²) < 4.78 is 0. The predicted octanol–water partition coefficient (Wildman–Crippen LogP) is 18.0. The van der Waals surface area contributed by atoms with Crippen LogP contribution in [0.3, 0.4) is 0 Å². The molecule has 0 atom stereocenters. The Morgan fingerprint density at radius 1 is 0.235 bits per heavy atom. The van der Waals surface area contributed by atoms with Gasteiger partial charge in [0.1, 0.15) is 0 Å². The predicted molar refractivity (Wildman–Crippen MR) is 287 cm³/mol. The van der Waals surface area contributed by atoms with Crippen molar-refractivity contribution < 1.29 is 0 Å². The van der Waals surface area contributed by atoms with E-state index in [1.165, 1.54) is 143 Å². The molecule has 0 N–H and O–H groups in total. The molecule has 316 valence electrons. The van der Waals surface area contributed by atoms with Crippen molar-refractivity contribution in [2.45, 2.75) is 24.7 Å². The van der Waals surface area contributed by atoms with Crippen LogP contribution in [0.25, 0.3) is 110 Å². The van der Waals surface area contributed by atoms with Gasteiger partial charge in [-0.05, 0) is 186 Å². The molecular formula is C68H44. The van der Waals surface area contributed by atoms with Crippen molar-refractivity contribution in [1.29, 1.82) is 0 Å². The van der Waals surface area contributed by atoms with Crippen molar-refractivity contribution >= 4 is 43.1 Å². The molecule has 0 fully saturated rings. The normalized spacial score (nSPS) is 14.3. The molecule has 0 nitrogen and oxygen atoms in total. The van der Waals surface area contributed by atoms with Crippen LogP contribution in [0.1, 0.15) is 47.2 Å². The Bertz CT molecular complexity index is 4080. The highest BCUT2D eigenvalue weighted by Gasteiger charge is 2.51. The van der Waals surface area contributed by atoms with Crippen LogP contribution >= 0.6 is 0 Å². The van der Waals surface area contributed by atoms with Gasteiger partial charge < -0.3 is 0 Å². The van der Waals surface area contributed by atoms with E-state index in [4.69, 9.17) is 0 Å². The minimum atomic E-state index is -0.415. The second-order valence-corrected chi connectivity index (χ2v) is 19.9. The van der Waals surface area contributed by atoms with Gasteiger partial charge in [0.2, 0.25) is 0 Å². The maximum atomic E-state index is 2.53. The molecule has 3 aliphatic carbocycles. The number of hydrogen-bond acceptors (Lipinski definition) is 0.